The minimum Gasteiger partial charge on any atom is -0.374 e. The zero-order valence-corrected chi connectivity index (χ0v) is 10.3. The Kier molecular flexibility index (Phi) is 4.29. The van der Waals surface area contributed by atoms with E-state index in [2.05, 4.69) is 10.6 Å². The maximum Gasteiger partial charge on any atom is 0.239 e. The van der Waals surface area contributed by atoms with Crippen LogP contribution in [0.1, 0.15) is 25.7 Å². The van der Waals surface area contributed by atoms with Crippen molar-refractivity contribution in [2.45, 2.75) is 31.7 Å². The first-order chi connectivity index (χ1) is 9.06. The molecule has 104 valence electrons. The van der Waals surface area contributed by atoms with E-state index in [0.29, 0.717) is 6.07 Å². The Labute approximate surface area is 109 Å². The third-order valence-corrected chi connectivity index (χ3v) is 3.15. The molecule has 1 aliphatic carbocycles. The van der Waals surface area contributed by atoms with Crippen molar-refractivity contribution < 1.29 is 18.0 Å². The molecular weight excluding hydrogens is 257 g/mol. The monoisotopic (exact) mass is 272 g/mol. The van der Waals surface area contributed by atoms with Crippen LogP contribution in [0.4, 0.5) is 18.9 Å². The van der Waals surface area contributed by atoms with Gasteiger partial charge in [-0.1, -0.05) is 12.8 Å². The molecule has 19 heavy (non-hydrogen) atoms. The van der Waals surface area contributed by atoms with E-state index in [1.54, 1.807) is 0 Å². The van der Waals surface area contributed by atoms with Crippen LogP contribution >= 0.6 is 0 Å². The molecule has 0 aromatic heterocycles. The second kappa shape index (κ2) is 5.95. The number of hydrogen-bond donors (Lipinski definition) is 2. The summed E-state index contributed by atoms with van der Waals surface area (Å²) in [5.41, 5.74) is -0.348. The maximum absolute atomic E-state index is 13.3. The standard InChI is InChI=1S/C13H15F3N2O/c14-8-5-10(15)13(16)11(6-8)17-7-12(19)18-9-3-1-2-4-9/h5-6,9,17H,1-4,7H2,(H,18,19). The molecule has 1 aromatic carbocycles. The van der Waals surface area contributed by atoms with Gasteiger partial charge in [-0.3, -0.25) is 4.79 Å². The summed E-state index contributed by atoms with van der Waals surface area (Å²) in [5, 5.41) is 5.19. The number of rotatable bonds is 4. The van der Waals surface area contributed by atoms with Crippen LogP contribution in [0.2, 0.25) is 0 Å². The Hall–Kier alpha value is -1.72. The molecule has 1 aliphatic rings. The lowest BCUT2D eigenvalue weighted by atomic mass is 10.2. The first-order valence-electron chi connectivity index (χ1n) is 6.24. The van der Waals surface area contributed by atoms with Gasteiger partial charge in [0.1, 0.15) is 5.82 Å². The van der Waals surface area contributed by atoms with Crippen LogP contribution in [-0.2, 0) is 4.79 Å². The number of nitrogens with one attached hydrogen (secondary N) is 2. The van der Waals surface area contributed by atoms with Crippen LogP contribution in [0.5, 0.6) is 0 Å². The molecule has 0 atom stereocenters. The first kappa shape index (κ1) is 13.7. The van der Waals surface area contributed by atoms with E-state index in [9.17, 15) is 18.0 Å². The van der Waals surface area contributed by atoms with Gasteiger partial charge in [-0.25, -0.2) is 13.2 Å². The van der Waals surface area contributed by atoms with Gasteiger partial charge in [-0.05, 0) is 12.8 Å². The van der Waals surface area contributed by atoms with Gasteiger partial charge in [0.25, 0.3) is 0 Å². The Morgan fingerprint density at radius 2 is 1.89 bits per heavy atom. The molecule has 6 heteroatoms. The zero-order valence-electron chi connectivity index (χ0n) is 10.3. The van der Waals surface area contributed by atoms with Crippen LogP contribution in [0.3, 0.4) is 0 Å². The molecule has 0 bridgehead atoms. The van der Waals surface area contributed by atoms with Crippen molar-refractivity contribution in [1.29, 1.82) is 0 Å². The Bertz CT molecular complexity index is 473. The van der Waals surface area contributed by atoms with Crippen molar-refractivity contribution >= 4 is 11.6 Å². The molecular formula is C13H15F3N2O. The highest BCUT2D eigenvalue weighted by Gasteiger charge is 2.17. The summed E-state index contributed by atoms with van der Waals surface area (Å²) in [7, 11) is 0. The summed E-state index contributed by atoms with van der Waals surface area (Å²) in [4.78, 5) is 11.6. The van der Waals surface area contributed by atoms with E-state index in [4.69, 9.17) is 0 Å². The van der Waals surface area contributed by atoms with E-state index in [1.165, 1.54) is 0 Å². The van der Waals surface area contributed by atoms with Gasteiger partial charge in [-0.2, -0.15) is 0 Å². The molecule has 1 aromatic rings. The smallest absolute Gasteiger partial charge is 0.239 e. The van der Waals surface area contributed by atoms with Crippen LogP contribution in [0.25, 0.3) is 0 Å². The van der Waals surface area contributed by atoms with E-state index in [0.717, 1.165) is 31.7 Å². The third kappa shape index (κ3) is 3.62. The van der Waals surface area contributed by atoms with E-state index in [1.807, 2.05) is 0 Å². The molecule has 2 N–H and O–H groups in total. The minimum atomic E-state index is -1.28. The quantitative estimate of drug-likeness (QED) is 0.827. The van der Waals surface area contributed by atoms with Crippen LogP contribution in [0, 0.1) is 17.5 Å². The third-order valence-electron chi connectivity index (χ3n) is 3.15. The number of carbonyl (C=O) groups excluding carboxylic acids is 1. The van der Waals surface area contributed by atoms with Crippen molar-refractivity contribution in [2.75, 3.05) is 11.9 Å². The first-order valence-corrected chi connectivity index (χ1v) is 6.24. The van der Waals surface area contributed by atoms with E-state index >= 15 is 0 Å². The fourth-order valence-electron chi connectivity index (χ4n) is 2.21. The number of hydrogen-bond acceptors (Lipinski definition) is 2. The highest BCUT2D eigenvalue weighted by atomic mass is 19.2. The molecule has 0 spiro atoms. The van der Waals surface area contributed by atoms with Crippen molar-refractivity contribution in [2.24, 2.45) is 0 Å². The second-order valence-corrected chi connectivity index (χ2v) is 4.65. The summed E-state index contributed by atoms with van der Waals surface area (Å²) >= 11 is 0. The minimum absolute atomic E-state index is 0.156. The summed E-state index contributed by atoms with van der Waals surface area (Å²) in [6, 6.07) is 1.43. The molecule has 0 unspecified atom stereocenters. The molecule has 1 amide bonds. The molecule has 0 saturated heterocycles. The average Bonchev–Trinajstić information content (AvgIpc) is 2.84. The van der Waals surface area contributed by atoms with Crippen molar-refractivity contribution in [1.82, 2.24) is 5.32 Å². The fourth-order valence-corrected chi connectivity index (χ4v) is 2.21. The number of carbonyl (C=O) groups is 1. The van der Waals surface area contributed by atoms with Gasteiger partial charge >= 0.3 is 0 Å². The number of anilines is 1. The zero-order chi connectivity index (χ0) is 13.8. The molecule has 0 aliphatic heterocycles. The number of benzene rings is 1. The van der Waals surface area contributed by atoms with Crippen molar-refractivity contribution in [3.05, 3.63) is 29.6 Å². The summed E-state index contributed by atoms with van der Waals surface area (Å²) in [5.74, 6) is -3.66. The van der Waals surface area contributed by atoms with Gasteiger partial charge < -0.3 is 10.6 Å². The summed E-state index contributed by atoms with van der Waals surface area (Å²) in [6.45, 7) is -0.212. The second-order valence-electron chi connectivity index (χ2n) is 4.65. The van der Waals surface area contributed by atoms with Crippen molar-refractivity contribution in [3.8, 4) is 0 Å². The summed E-state index contributed by atoms with van der Waals surface area (Å²) < 4.78 is 39.2. The lowest BCUT2D eigenvalue weighted by molar-refractivity contribution is -0.120. The number of halogens is 3. The normalized spacial score (nSPS) is 15.5. The molecule has 1 fully saturated rings. The Balaban J connectivity index is 1.89. The molecule has 0 heterocycles. The van der Waals surface area contributed by atoms with Crippen molar-refractivity contribution in [3.63, 3.8) is 0 Å². The topological polar surface area (TPSA) is 41.1 Å². The van der Waals surface area contributed by atoms with Crippen LogP contribution in [-0.4, -0.2) is 18.5 Å². The maximum atomic E-state index is 13.3. The molecule has 0 radical (unpaired) electrons. The lowest BCUT2D eigenvalue weighted by Gasteiger charge is -2.13. The van der Waals surface area contributed by atoms with Crippen LogP contribution < -0.4 is 10.6 Å². The Morgan fingerprint density at radius 1 is 1.21 bits per heavy atom. The highest BCUT2D eigenvalue weighted by Crippen LogP contribution is 2.19. The van der Waals surface area contributed by atoms with Gasteiger partial charge in [0.15, 0.2) is 11.6 Å². The summed E-state index contributed by atoms with van der Waals surface area (Å²) in [6.07, 6.45) is 4.05. The van der Waals surface area contributed by atoms with Gasteiger partial charge in [0.05, 0.1) is 12.2 Å². The lowest BCUT2D eigenvalue weighted by Crippen LogP contribution is -2.36. The van der Waals surface area contributed by atoms with E-state index < -0.39 is 17.5 Å². The van der Waals surface area contributed by atoms with Gasteiger partial charge in [-0.15, -0.1) is 0 Å². The molecule has 3 nitrogen and oxygen atoms in total. The van der Waals surface area contributed by atoms with E-state index in [-0.39, 0.29) is 24.2 Å². The fraction of sp³-hybridized carbons (Fsp3) is 0.462. The van der Waals surface area contributed by atoms with Crippen LogP contribution in [0.15, 0.2) is 12.1 Å². The SMILES string of the molecule is O=C(CNc1cc(F)cc(F)c1F)NC1CCCC1. The van der Waals surface area contributed by atoms with Gasteiger partial charge in [0, 0.05) is 18.2 Å². The largest absolute Gasteiger partial charge is 0.374 e. The average molecular weight is 272 g/mol. The predicted molar refractivity (Wildman–Crippen MR) is 65.2 cm³/mol. The predicted octanol–water partition coefficient (Wildman–Crippen LogP) is 2.57. The molecule has 1 saturated carbocycles. The molecule has 2 rings (SSSR count). The highest BCUT2D eigenvalue weighted by molar-refractivity contribution is 5.81. The Morgan fingerprint density at radius 3 is 2.58 bits per heavy atom. The van der Waals surface area contributed by atoms with Gasteiger partial charge in [0.2, 0.25) is 5.91 Å². The number of amides is 1.